The predicted molar refractivity (Wildman–Crippen MR) is 127 cm³/mol. The van der Waals surface area contributed by atoms with Crippen molar-refractivity contribution >= 4 is 12.2 Å². The molecule has 0 radical (unpaired) electrons. The van der Waals surface area contributed by atoms with Gasteiger partial charge in [0.2, 0.25) is 5.89 Å². The summed E-state index contributed by atoms with van der Waals surface area (Å²) in [6.07, 6.45) is 8.98. The Morgan fingerprint density at radius 3 is 2.29 bits per heavy atom. The lowest BCUT2D eigenvalue weighted by Gasteiger charge is -2.07. The number of benzene rings is 2. The summed E-state index contributed by atoms with van der Waals surface area (Å²) in [7, 11) is 0. The van der Waals surface area contributed by atoms with E-state index >= 15 is 0 Å². The highest BCUT2D eigenvalue weighted by Crippen LogP contribution is 2.29. The minimum Gasteiger partial charge on any atom is -0.494 e. The highest BCUT2D eigenvalue weighted by molar-refractivity contribution is 5.66. The summed E-state index contributed by atoms with van der Waals surface area (Å²) in [5.41, 5.74) is 3.02. The van der Waals surface area contributed by atoms with E-state index in [0.29, 0.717) is 24.5 Å². The largest absolute Gasteiger partial charge is 0.494 e. The topological polar surface area (TPSA) is 61.0 Å². The minimum absolute atomic E-state index is 0.408. The quantitative estimate of drug-likeness (QED) is 0.245. The second-order valence-electron chi connectivity index (χ2n) is 7.97. The molecule has 0 aliphatic rings. The van der Waals surface area contributed by atoms with Gasteiger partial charge in [-0.3, -0.25) is 0 Å². The molecule has 0 saturated heterocycles. The van der Waals surface area contributed by atoms with E-state index in [1.165, 1.54) is 18.5 Å². The number of hydrogen-bond acceptors (Lipinski definition) is 5. The van der Waals surface area contributed by atoms with E-state index in [9.17, 15) is 13.2 Å². The van der Waals surface area contributed by atoms with Gasteiger partial charge in [0.15, 0.2) is 0 Å². The third-order valence-corrected chi connectivity index (χ3v) is 5.31. The fourth-order valence-electron chi connectivity index (χ4n) is 3.41. The molecule has 0 aliphatic carbocycles. The molecular weight excluding hydrogens is 455 g/mol. The van der Waals surface area contributed by atoms with Gasteiger partial charge < -0.3 is 9.15 Å². The first kappa shape index (κ1) is 24.2. The molecule has 0 saturated carbocycles. The number of aromatic nitrogens is 3. The smallest absolute Gasteiger partial charge is 0.416 e. The van der Waals surface area contributed by atoms with E-state index in [1.54, 1.807) is 18.4 Å². The second kappa shape index (κ2) is 11.5. The van der Waals surface area contributed by atoms with Crippen LogP contribution in [0, 0.1) is 0 Å². The number of oxazole rings is 1. The van der Waals surface area contributed by atoms with Crippen LogP contribution in [0.3, 0.4) is 0 Å². The van der Waals surface area contributed by atoms with Gasteiger partial charge in [0, 0.05) is 18.5 Å². The molecule has 2 aromatic carbocycles. The van der Waals surface area contributed by atoms with Gasteiger partial charge in [0.05, 0.1) is 17.9 Å². The average molecular weight is 480 g/mol. The first-order chi connectivity index (χ1) is 17.0. The molecule has 8 heteroatoms. The zero-order valence-corrected chi connectivity index (χ0v) is 18.9. The summed E-state index contributed by atoms with van der Waals surface area (Å²) in [5, 5.41) is 0. The first-order valence-corrected chi connectivity index (χ1v) is 11.2. The second-order valence-corrected chi connectivity index (χ2v) is 7.97. The molecule has 4 rings (SSSR count). The lowest BCUT2D eigenvalue weighted by atomic mass is 10.1. The predicted octanol–water partition coefficient (Wildman–Crippen LogP) is 6.45. The van der Waals surface area contributed by atoms with E-state index in [1.807, 2.05) is 36.7 Å². The van der Waals surface area contributed by atoms with Crippen molar-refractivity contribution in [3.8, 4) is 5.75 Å². The molecule has 2 heterocycles. The van der Waals surface area contributed by atoms with E-state index in [4.69, 9.17) is 9.15 Å². The van der Waals surface area contributed by atoms with Crippen LogP contribution in [0.15, 0.2) is 77.9 Å². The number of nitrogens with zero attached hydrogens (tertiary/aromatic N) is 3. The van der Waals surface area contributed by atoms with Crippen molar-refractivity contribution in [1.82, 2.24) is 15.0 Å². The van der Waals surface area contributed by atoms with Crippen LogP contribution in [-0.4, -0.2) is 21.6 Å². The molecular formula is C27H24F3N3O2. The lowest BCUT2D eigenvalue weighted by molar-refractivity contribution is -0.137. The molecule has 2 aromatic heterocycles. The van der Waals surface area contributed by atoms with E-state index in [-0.39, 0.29) is 0 Å². The van der Waals surface area contributed by atoms with Crippen molar-refractivity contribution < 1.29 is 22.3 Å². The molecule has 0 unspecified atom stereocenters. The number of ether oxygens (including phenoxy) is 1. The maximum atomic E-state index is 12.7. The summed E-state index contributed by atoms with van der Waals surface area (Å²) >= 11 is 0. The zero-order valence-electron chi connectivity index (χ0n) is 18.9. The summed E-state index contributed by atoms with van der Waals surface area (Å²) in [6, 6.07) is 12.9. The SMILES string of the molecule is FC(F)(F)c1ccc(/C=C/c2nc(CCc3ccc(OCCCc4cncnc4)cc3)co2)cc1. The third kappa shape index (κ3) is 7.53. The molecule has 35 heavy (non-hydrogen) atoms. The first-order valence-electron chi connectivity index (χ1n) is 11.2. The standard InChI is InChI=1S/C27H24F3N3O2/c28-27(29,30)23-9-3-20(4-10-23)8-14-26-33-24(18-35-26)11-5-21-6-12-25(13-7-21)34-15-1-2-22-16-31-19-32-17-22/h3-4,6-10,12-14,16-19H,1-2,5,11,15H2/b14-8+. The zero-order chi connectivity index (χ0) is 24.5. The van der Waals surface area contributed by atoms with Crippen molar-refractivity contribution in [2.45, 2.75) is 31.9 Å². The Hall–Kier alpha value is -3.94. The van der Waals surface area contributed by atoms with Crippen LogP contribution in [-0.2, 0) is 25.4 Å². The van der Waals surface area contributed by atoms with Gasteiger partial charge >= 0.3 is 6.18 Å². The third-order valence-electron chi connectivity index (χ3n) is 5.31. The molecule has 0 fully saturated rings. The fourth-order valence-corrected chi connectivity index (χ4v) is 3.41. The van der Waals surface area contributed by atoms with Crippen molar-refractivity contribution in [3.05, 3.63) is 107 Å². The molecule has 5 nitrogen and oxygen atoms in total. The van der Waals surface area contributed by atoms with Crippen molar-refractivity contribution in [3.63, 3.8) is 0 Å². The Morgan fingerprint density at radius 2 is 1.57 bits per heavy atom. The van der Waals surface area contributed by atoms with E-state index < -0.39 is 11.7 Å². The van der Waals surface area contributed by atoms with Gasteiger partial charge in [-0.25, -0.2) is 15.0 Å². The summed E-state index contributed by atoms with van der Waals surface area (Å²) in [6.45, 7) is 0.621. The lowest BCUT2D eigenvalue weighted by Crippen LogP contribution is -2.03. The highest BCUT2D eigenvalue weighted by atomic mass is 19.4. The molecule has 0 bridgehead atoms. The Bertz CT molecular complexity index is 1220. The van der Waals surface area contributed by atoms with Gasteiger partial charge in [0.1, 0.15) is 18.3 Å². The van der Waals surface area contributed by atoms with Gasteiger partial charge in [-0.2, -0.15) is 13.2 Å². The maximum absolute atomic E-state index is 12.7. The molecule has 0 spiro atoms. The number of alkyl halides is 3. The molecule has 0 aliphatic heterocycles. The van der Waals surface area contributed by atoms with Crippen LogP contribution < -0.4 is 4.74 Å². The Balaban J connectivity index is 1.21. The van der Waals surface area contributed by atoms with E-state index in [0.717, 1.165) is 54.0 Å². The Morgan fingerprint density at radius 1 is 0.829 bits per heavy atom. The molecule has 0 amide bonds. The van der Waals surface area contributed by atoms with Crippen LogP contribution in [0.1, 0.15) is 40.3 Å². The van der Waals surface area contributed by atoms with Gasteiger partial charge in [-0.15, -0.1) is 0 Å². The van der Waals surface area contributed by atoms with Crippen LogP contribution in [0.4, 0.5) is 13.2 Å². The summed E-state index contributed by atoms with van der Waals surface area (Å²) in [4.78, 5) is 12.4. The fraction of sp³-hybridized carbons (Fsp3) is 0.222. The van der Waals surface area contributed by atoms with Crippen LogP contribution in [0.2, 0.25) is 0 Å². The van der Waals surface area contributed by atoms with Crippen LogP contribution in [0.5, 0.6) is 5.75 Å². The van der Waals surface area contributed by atoms with E-state index in [2.05, 4.69) is 15.0 Å². The molecule has 180 valence electrons. The number of halogens is 3. The summed E-state index contributed by atoms with van der Waals surface area (Å²) < 4.78 is 49.2. The number of hydrogen-bond donors (Lipinski definition) is 0. The number of aryl methyl sites for hydroxylation is 3. The van der Waals surface area contributed by atoms with Crippen molar-refractivity contribution in [1.29, 1.82) is 0 Å². The van der Waals surface area contributed by atoms with Gasteiger partial charge in [-0.05, 0) is 72.7 Å². The molecule has 0 N–H and O–H groups in total. The highest BCUT2D eigenvalue weighted by Gasteiger charge is 2.29. The van der Waals surface area contributed by atoms with Crippen molar-refractivity contribution in [2.24, 2.45) is 0 Å². The number of rotatable bonds is 10. The molecule has 0 atom stereocenters. The Labute approximate surface area is 201 Å². The van der Waals surface area contributed by atoms with Crippen LogP contribution in [0.25, 0.3) is 12.2 Å². The summed E-state index contributed by atoms with van der Waals surface area (Å²) in [5.74, 6) is 1.24. The minimum atomic E-state index is -4.34. The van der Waals surface area contributed by atoms with Gasteiger partial charge in [-0.1, -0.05) is 24.3 Å². The Kier molecular flexibility index (Phi) is 7.92. The van der Waals surface area contributed by atoms with Crippen molar-refractivity contribution in [2.75, 3.05) is 6.61 Å². The monoisotopic (exact) mass is 479 g/mol. The normalized spacial score (nSPS) is 11.7. The maximum Gasteiger partial charge on any atom is 0.416 e. The van der Waals surface area contributed by atoms with Crippen LogP contribution >= 0.6 is 0 Å². The molecule has 4 aromatic rings. The average Bonchev–Trinajstić information content (AvgIpc) is 3.33. The van der Waals surface area contributed by atoms with Gasteiger partial charge in [0.25, 0.3) is 0 Å².